The van der Waals surface area contributed by atoms with Crippen LogP contribution in [0.4, 0.5) is 0 Å². The van der Waals surface area contributed by atoms with Crippen LogP contribution in [0.25, 0.3) is 11.3 Å². The van der Waals surface area contributed by atoms with Gasteiger partial charge in [0.1, 0.15) is 0 Å². The van der Waals surface area contributed by atoms with Crippen molar-refractivity contribution in [2.45, 2.75) is 46.7 Å². The Morgan fingerprint density at radius 3 is 2.53 bits per heavy atom. The SMILES string of the molecule is Cc1nn(C)c(C)c1-c1oncc1CNC(C)(C)C. The second-order valence-corrected chi connectivity index (χ2v) is 5.95. The number of aryl methyl sites for hydroxylation is 2. The average molecular weight is 262 g/mol. The fourth-order valence-electron chi connectivity index (χ4n) is 2.05. The second kappa shape index (κ2) is 4.81. The molecule has 5 nitrogen and oxygen atoms in total. The molecule has 0 fully saturated rings. The highest BCUT2D eigenvalue weighted by Crippen LogP contribution is 2.29. The second-order valence-electron chi connectivity index (χ2n) is 5.95. The first kappa shape index (κ1) is 13.8. The molecule has 0 spiro atoms. The van der Waals surface area contributed by atoms with Crippen LogP contribution in [0.2, 0.25) is 0 Å². The predicted octanol–water partition coefficient (Wildman–Crippen LogP) is 2.58. The molecule has 2 heterocycles. The molecule has 5 heteroatoms. The van der Waals surface area contributed by atoms with Crippen molar-refractivity contribution in [1.29, 1.82) is 0 Å². The molecule has 0 aliphatic heterocycles. The Labute approximate surface area is 114 Å². The average Bonchev–Trinajstić information content (AvgIpc) is 2.82. The third-order valence-corrected chi connectivity index (χ3v) is 3.19. The number of rotatable bonds is 3. The highest BCUT2D eigenvalue weighted by Gasteiger charge is 2.20. The largest absolute Gasteiger partial charge is 0.356 e. The van der Waals surface area contributed by atoms with E-state index in [-0.39, 0.29) is 5.54 Å². The molecule has 0 aromatic carbocycles. The van der Waals surface area contributed by atoms with Gasteiger partial charge in [-0.15, -0.1) is 0 Å². The molecule has 2 aromatic rings. The maximum atomic E-state index is 5.45. The minimum Gasteiger partial charge on any atom is -0.356 e. The topological polar surface area (TPSA) is 55.9 Å². The molecule has 0 aliphatic carbocycles. The molecule has 0 atom stereocenters. The van der Waals surface area contributed by atoms with E-state index in [1.807, 2.05) is 25.6 Å². The lowest BCUT2D eigenvalue weighted by molar-refractivity contribution is 0.418. The Morgan fingerprint density at radius 1 is 1.32 bits per heavy atom. The summed E-state index contributed by atoms with van der Waals surface area (Å²) in [6, 6.07) is 0. The van der Waals surface area contributed by atoms with Gasteiger partial charge in [-0.25, -0.2) is 0 Å². The molecule has 2 rings (SSSR count). The molecule has 0 bridgehead atoms. The van der Waals surface area contributed by atoms with Gasteiger partial charge in [-0.1, -0.05) is 5.16 Å². The van der Waals surface area contributed by atoms with Gasteiger partial charge in [-0.3, -0.25) is 4.68 Å². The molecule has 0 radical (unpaired) electrons. The zero-order chi connectivity index (χ0) is 14.2. The zero-order valence-corrected chi connectivity index (χ0v) is 12.5. The summed E-state index contributed by atoms with van der Waals surface area (Å²) in [4.78, 5) is 0. The van der Waals surface area contributed by atoms with Crippen LogP contribution in [0.3, 0.4) is 0 Å². The van der Waals surface area contributed by atoms with Gasteiger partial charge in [0.15, 0.2) is 5.76 Å². The van der Waals surface area contributed by atoms with Gasteiger partial charge < -0.3 is 9.84 Å². The Bertz CT molecular complexity index is 575. The molecule has 0 saturated carbocycles. The highest BCUT2D eigenvalue weighted by molar-refractivity contribution is 5.66. The van der Waals surface area contributed by atoms with Gasteiger partial charge in [0.2, 0.25) is 0 Å². The monoisotopic (exact) mass is 262 g/mol. The van der Waals surface area contributed by atoms with Gasteiger partial charge in [-0.05, 0) is 34.6 Å². The molecule has 0 aliphatic rings. The summed E-state index contributed by atoms with van der Waals surface area (Å²) in [6.45, 7) is 11.2. The normalized spacial score (nSPS) is 12.1. The van der Waals surface area contributed by atoms with E-state index in [1.54, 1.807) is 6.20 Å². The summed E-state index contributed by atoms with van der Waals surface area (Å²) in [5, 5.41) is 11.8. The molecule has 2 aromatic heterocycles. The summed E-state index contributed by atoms with van der Waals surface area (Å²) >= 11 is 0. The number of nitrogens with one attached hydrogen (secondary N) is 1. The lowest BCUT2D eigenvalue weighted by Crippen LogP contribution is -2.35. The van der Waals surface area contributed by atoms with E-state index < -0.39 is 0 Å². The maximum absolute atomic E-state index is 5.45. The van der Waals surface area contributed by atoms with E-state index in [0.29, 0.717) is 0 Å². The fraction of sp³-hybridized carbons (Fsp3) is 0.571. The Kier molecular flexibility index (Phi) is 3.49. The van der Waals surface area contributed by atoms with E-state index in [4.69, 9.17) is 4.52 Å². The van der Waals surface area contributed by atoms with Crippen LogP contribution in [0.15, 0.2) is 10.7 Å². The smallest absolute Gasteiger partial charge is 0.175 e. The highest BCUT2D eigenvalue weighted by atomic mass is 16.5. The van der Waals surface area contributed by atoms with Gasteiger partial charge >= 0.3 is 0 Å². The number of nitrogens with zero attached hydrogens (tertiary/aromatic N) is 3. The van der Waals surface area contributed by atoms with Crippen LogP contribution in [0.1, 0.15) is 37.7 Å². The van der Waals surface area contributed by atoms with Crippen molar-refractivity contribution in [3.8, 4) is 11.3 Å². The number of aromatic nitrogens is 3. The van der Waals surface area contributed by atoms with Crippen molar-refractivity contribution < 1.29 is 4.52 Å². The van der Waals surface area contributed by atoms with Crippen molar-refractivity contribution in [3.63, 3.8) is 0 Å². The fourth-order valence-corrected chi connectivity index (χ4v) is 2.05. The Morgan fingerprint density at radius 2 is 2.00 bits per heavy atom. The van der Waals surface area contributed by atoms with Gasteiger partial charge in [0, 0.05) is 30.4 Å². The lowest BCUT2D eigenvalue weighted by Gasteiger charge is -2.20. The molecular weight excluding hydrogens is 240 g/mol. The standard InChI is InChI=1S/C14H22N4O/c1-9-12(10(2)18(6)17-9)13-11(8-16-19-13)7-15-14(3,4)5/h8,15H,7H2,1-6H3. The minimum absolute atomic E-state index is 0.0631. The van der Waals surface area contributed by atoms with Gasteiger partial charge in [-0.2, -0.15) is 5.10 Å². The quantitative estimate of drug-likeness (QED) is 0.923. The maximum Gasteiger partial charge on any atom is 0.175 e. The third kappa shape index (κ3) is 2.87. The zero-order valence-electron chi connectivity index (χ0n) is 12.5. The summed E-state index contributed by atoms with van der Waals surface area (Å²) in [5.41, 5.74) is 4.23. The molecule has 0 saturated heterocycles. The van der Waals surface area contributed by atoms with Gasteiger partial charge in [0.05, 0.1) is 17.5 Å². The molecule has 1 N–H and O–H groups in total. The lowest BCUT2D eigenvalue weighted by atomic mass is 10.1. The van der Waals surface area contributed by atoms with Crippen LogP contribution in [-0.4, -0.2) is 20.5 Å². The third-order valence-electron chi connectivity index (χ3n) is 3.19. The summed E-state index contributed by atoms with van der Waals surface area (Å²) in [5.74, 6) is 0.819. The van der Waals surface area contributed by atoms with E-state index in [2.05, 4.69) is 36.3 Å². The van der Waals surface area contributed by atoms with Gasteiger partial charge in [0.25, 0.3) is 0 Å². The molecule has 19 heavy (non-hydrogen) atoms. The van der Waals surface area contributed by atoms with Crippen molar-refractivity contribution in [1.82, 2.24) is 20.3 Å². The Hall–Kier alpha value is -1.62. The van der Waals surface area contributed by atoms with Crippen LogP contribution in [-0.2, 0) is 13.6 Å². The van der Waals surface area contributed by atoms with Crippen molar-refractivity contribution in [2.75, 3.05) is 0 Å². The molecule has 0 unspecified atom stereocenters. The molecule has 104 valence electrons. The van der Waals surface area contributed by atoms with Crippen LogP contribution < -0.4 is 5.32 Å². The van der Waals surface area contributed by atoms with Crippen molar-refractivity contribution >= 4 is 0 Å². The summed E-state index contributed by atoms with van der Waals surface area (Å²) < 4.78 is 7.32. The summed E-state index contributed by atoms with van der Waals surface area (Å²) in [7, 11) is 1.94. The summed E-state index contributed by atoms with van der Waals surface area (Å²) in [6.07, 6.45) is 1.78. The van der Waals surface area contributed by atoms with Crippen LogP contribution in [0.5, 0.6) is 0 Å². The van der Waals surface area contributed by atoms with E-state index in [9.17, 15) is 0 Å². The molecule has 0 amide bonds. The van der Waals surface area contributed by atoms with E-state index in [0.717, 1.165) is 34.8 Å². The molecular formula is C14H22N4O. The van der Waals surface area contributed by atoms with Crippen molar-refractivity contribution in [3.05, 3.63) is 23.1 Å². The van der Waals surface area contributed by atoms with Crippen LogP contribution >= 0.6 is 0 Å². The first-order valence-corrected chi connectivity index (χ1v) is 6.49. The van der Waals surface area contributed by atoms with Crippen LogP contribution in [0, 0.1) is 13.8 Å². The Balaban J connectivity index is 2.34. The first-order chi connectivity index (χ1) is 8.79. The number of hydrogen-bond acceptors (Lipinski definition) is 4. The van der Waals surface area contributed by atoms with Crippen molar-refractivity contribution in [2.24, 2.45) is 7.05 Å². The van der Waals surface area contributed by atoms with E-state index >= 15 is 0 Å². The number of hydrogen-bond donors (Lipinski definition) is 1. The van der Waals surface area contributed by atoms with E-state index in [1.165, 1.54) is 0 Å². The minimum atomic E-state index is 0.0631. The predicted molar refractivity (Wildman–Crippen MR) is 74.8 cm³/mol. The first-order valence-electron chi connectivity index (χ1n) is 6.49.